The van der Waals surface area contributed by atoms with Gasteiger partial charge >= 0.3 is 0 Å². The fraction of sp³-hybridized carbons (Fsp3) is 0.250. The van der Waals surface area contributed by atoms with Gasteiger partial charge < -0.3 is 10.1 Å². The van der Waals surface area contributed by atoms with Crippen molar-refractivity contribution < 1.29 is 4.74 Å². The molecule has 0 radical (unpaired) electrons. The van der Waals surface area contributed by atoms with Gasteiger partial charge in [-0.2, -0.15) is 0 Å². The van der Waals surface area contributed by atoms with Crippen LogP contribution in [0.4, 0.5) is 0 Å². The molecule has 0 aliphatic carbocycles. The van der Waals surface area contributed by atoms with Crippen LogP contribution in [-0.2, 0) is 6.54 Å². The highest BCUT2D eigenvalue weighted by Gasteiger charge is 2.18. The van der Waals surface area contributed by atoms with Crippen molar-refractivity contribution in [2.24, 2.45) is 0 Å². The first-order chi connectivity index (χ1) is 9.70. The number of hydrogen-bond donors (Lipinski definition) is 1. The van der Waals surface area contributed by atoms with E-state index in [0.717, 1.165) is 16.9 Å². The van der Waals surface area contributed by atoms with Crippen LogP contribution in [0.5, 0.6) is 5.75 Å². The van der Waals surface area contributed by atoms with Crippen LogP contribution in [0.1, 0.15) is 17.2 Å². The molecule has 0 aliphatic rings. The van der Waals surface area contributed by atoms with Gasteiger partial charge in [-0.05, 0) is 23.3 Å². The molecule has 0 fully saturated rings. The summed E-state index contributed by atoms with van der Waals surface area (Å²) >= 11 is 12.2. The lowest BCUT2D eigenvalue weighted by Gasteiger charge is -2.20. The molecule has 2 aromatic carbocycles. The Morgan fingerprint density at radius 3 is 2.45 bits per heavy atom. The lowest BCUT2D eigenvalue weighted by molar-refractivity contribution is 0.414. The van der Waals surface area contributed by atoms with Gasteiger partial charge in [0.05, 0.1) is 13.2 Å². The molecule has 2 aromatic rings. The van der Waals surface area contributed by atoms with Crippen LogP contribution < -0.4 is 10.1 Å². The minimum Gasteiger partial charge on any atom is -0.497 e. The van der Waals surface area contributed by atoms with E-state index in [9.17, 15) is 0 Å². The Balaban J connectivity index is 2.06. The highest BCUT2D eigenvalue weighted by molar-refractivity contribution is 6.44. The Hall–Kier alpha value is -1.22. The quantitative estimate of drug-likeness (QED) is 0.802. The van der Waals surface area contributed by atoms with E-state index in [1.165, 1.54) is 0 Å². The van der Waals surface area contributed by atoms with Crippen molar-refractivity contribution in [3.8, 4) is 5.75 Å². The van der Waals surface area contributed by atoms with Gasteiger partial charge in [0.15, 0.2) is 0 Å². The summed E-state index contributed by atoms with van der Waals surface area (Å²) in [5, 5.41) is 3.38. The summed E-state index contributed by atoms with van der Waals surface area (Å²) in [4.78, 5) is -0.511. The molecular weight excluding hydrogens is 293 g/mol. The predicted molar refractivity (Wildman–Crippen MR) is 84.5 cm³/mol. The average molecular weight is 310 g/mol. The highest BCUT2D eigenvalue weighted by atomic mass is 35.5. The largest absolute Gasteiger partial charge is 0.497 e. The molecule has 1 unspecified atom stereocenters. The summed E-state index contributed by atoms with van der Waals surface area (Å²) in [7, 11) is 1.66. The van der Waals surface area contributed by atoms with Crippen molar-refractivity contribution in [2.75, 3.05) is 7.11 Å². The van der Waals surface area contributed by atoms with Gasteiger partial charge in [-0.1, -0.05) is 42.5 Å². The summed E-state index contributed by atoms with van der Waals surface area (Å²) < 4.78 is 5.21. The minimum atomic E-state index is -0.511. The average Bonchev–Trinajstić information content (AvgIpc) is 2.48. The van der Waals surface area contributed by atoms with Gasteiger partial charge in [0.2, 0.25) is 0 Å². The number of nitrogens with one attached hydrogen (secondary N) is 1. The lowest BCUT2D eigenvalue weighted by atomic mass is 10.1. The Labute approximate surface area is 129 Å². The van der Waals surface area contributed by atoms with Gasteiger partial charge in [-0.25, -0.2) is 0 Å². The second-order valence-corrected chi connectivity index (χ2v) is 5.62. The maximum absolute atomic E-state index is 6.08. The molecule has 2 rings (SSSR count). The normalized spacial score (nSPS) is 12.4. The van der Waals surface area contributed by atoms with Crippen LogP contribution in [0.3, 0.4) is 0 Å². The Kier molecular flexibility index (Phi) is 5.72. The number of methoxy groups -OCH3 is 1. The van der Waals surface area contributed by atoms with Gasteiger partial charge in [0.1, 0.15) is 10.6 Å². The van der Waals surface area contributed by atoms with Crippen molar-refractivity contribution in [2.45, 2.75) is 17.4 Å². The number of ether oxygens (including phenoxy) is 1. The summed E-state index contributed by atoms with van der Waals surface area (Å²) in [6.45, 7) is 0.673. The van der Waals surface area contributed by atoms with E-state index >= 15 is 0 Å². The SMILES string of the molecule is COc1cccc(CNC(c2ccccc2)C(Cl)Cl)c1. The van der Waals surface area contributed by atoms with Crippen LogP contribution in [0.15, 0.2) is 54.6 Å². The standard InChI is InChI=1S/C16H17Cl2NO/c1-20-14-9-5-6-12(10-14)11-19-15(16(17)18)13-7-3-2-4-8-13/h2-10,15-16,19H,11H2,1H3. The van der Waals surface area contributed by atoms with Crippen LogP contribution in [0.25, 0.3) is 0 Å². The monoisotopic (exact) mass is 309 g/mol. The number of rotatable bonds is 6. The molecule has 4 heteroatoms. The zero-order valence-corrected chi connectivity index (χ0v) is 12.7. The molecule has 0 aliphatic heterocycles. The first-order valence-corrected chi connectivity index (χ1v) is 7.27. The van der Waals surface area contributed by atoms with Crippen molar-refractivity contribution in [1.82, 2.24) is 5.32 Å². The van der Waals surface area contributed by atoms with E-state index in [1.807, 2.05) is 54.6 Å². The van der Waals surface area contributed by atoms with Gasteiger partial charge in [0.25, 0.3) is 0 Å². The zero-order chi connectivity index (χ0) is 14.4. The summed E-state index contributed by atoms with van der Waals surface area (Å²) in [5.74, 6) is 0.842. The van der Waals surface area contributed by atoms with E-state index in [1.54, 1.807) is 7.11 Å². The molecule has 0 heterocycles. The molecule has 2 nitrogen and oxygen atoms in total. The topological polar surface area (TPSA) is 21.3 Å². The Morgan fingerprint density at radius 2 is 1.80 bits per heavy atom. The maximum atomic E-state index is 6.08. The minimum absolute atomic E-state index is 0.106. The van der Waals surface area contributed by atoms with Crippen molar-refractivity contribution >= 4 is 23.2 Å². The highest BCUT2D eigenvalue weighted by Crippen LogP contribution is 2.24. The second kappa shape index (κ2) is 7.53. The van der Waals surface area contributed by atoms with Crippen LogP contribution in [-0.4, -0.2) is 11.9 Å². The van der Waals surface area contributed by atoms with Crippen LogP contribution in [0.2, 0.25) is 0 Å². The first kappa shape index (κ1) is 15.2. The van der Waals surface area contributed by atoms with Crippen molar-refractivity contribution in [3.63, 3.8) is 0 Å². The van der Waals surface area contributed by atoms with Crippen LogP contribution >= 0.6 is 23.2 Å². The molecule has 0 bridgehead atoms. The number of hydrogen-bond acceptors (Lipinski definition) is 2. The molecule has 0 amide bonds. The fourth-order valence-corrected chi connectivity index (χ4v) is 2.49. The zero-order valence-electron chi connectivity index (χ0n) is 11.2. The molecular formula is C16H17Cl2NO. The molecule has 1 atom stereocenters. The molecule has 0 spiro atoms. The van der Waals surface area contributed by atoms with E-state index in [0.29, 0.717) is 6.54 Å². The maximum Gasteiger partial charge on any atom is 0.127 e. The smallest absolute Gasteiger partial charge is 0.127 e. The number of alkyl halides is 2. The predicted octanol–water partition coefficient (Wildman–Crippen LogP) is 4.33. The third kappa shape index (κ3) is 4.14. The van der Waals surface area contributed by atoms with Gasteiger partial charge in [-0.3, -0.25) is 0 Å². The fourth-order valence-electron chi connectivity index (χ4n) is 2.02. The van der Waals surface area contributed by atoms with Gasteiger partial charge in [0, 0.05) is 6.54 Å². The van der Waals surface area contributed by atoms with Crippen LogP contribution in [0, 0.1) is 0 Å². The number of benzene rings is 2. The molecule has 20 heavy (non-hydrogen) atoms. The van der Waals surface area contributed by atoms with Crippen molar-refractivity contribution in [1.29, 1.82) is 0 Å². The first-order valence-electron chi connectivity index (χ1n) is 6.40. The van der Waals surface area contributed by atoms with Crippen molar-refractivity contribution in [3.05, 3.63) is 65.7 Å². The lowest BCUT2D eigenvalue weighted by Crippen LogP contribution is -2.26. The summed E-state index contributed by atoms with van der Waals surface area (Å²) in [5.41, 5.74) is 2.20. The molecule has 0 saturated heterocycles. The van der Waals surface area contributed by atoms with E-state index in [4.69, 9.17) is 27.9 Å². The third-order valence-electron chi connectivity index (χ3n) is 3.07. The van der Waals surface area contributed by atoms with E-state index in [2.05, 4.69) is 5.32 Å². The summed E-state index contributed by atoms with van der Waals surface area (Å²) in [6, 6.07) is 17.8. The third-order valence-corrected chi connectivity index (χ3v) is 3.57. The van der Waals surface area contributed by atoms with E-state index in [-0.39, 0.29) is 6.04 Å². The molecule has 0 saturated carbocycles. The Bertz CT molecular complexity index is 531. The summed E-state index contributed by atoms with van der Waals surface area (Å²) in [6.07, 6.45) is 0. The molecule has 106 valence electrons. The second-order valence-electron chi connectivity index (χ2n) is 4.46. The van der Waals surface area contributed by atoms with E-state index < -0.39 is 4.84 Å². The number of halogens is 2. The molecule has 1 N–H and O–H groups in total. The molecule has 0 aromatic heterocycles. The Morgan fingerprint density at radius 1 is 1.05 bits per heavy atom. The van der Waals surface area contributed by atoms with Gasteiger partial charge in [-0.15, -0.1) is 23.2 Å².